The molecule has 1 aliphatic carbocycles. The zero-order valence-corrected chi connectivity index (χ0v) is 19.4. The van der Waals surface area contributed by atoms with Crippen molar-refractivity contribution in [3.8, 4) is 0 Å². The van der Waals surface area contributed by atoms with E-state index in [4.69, 9.17) is 33.1 Å². The molecule has 11 heteroatoms. The Balaban J connectivity index is 2.03. The third-order valence-corrected chi connectivity index (χ3v) is 7.65. The summed E-state index contributed by atoms with van der Waals surface area (Å²) in [5.41, 5.74) is 1.10. The van der Waals surface area contributed by atoms with Crippen molar-refractivity contribution in [1.29, 1.82) is 0 Å². The van der Waals surface area contributed by atoms with Gasteiger partial charge in [-0.15, -0.1) is 11.3 Å². The van der Waals surface area contributed by atoms with Gasteiger partial charge in [0, 0.05) is 4.88 Å². The lowest BCUT2D eigenvalue weighted by Gasteiger charge is -2.18. The molecule has 1 aromatic carbocycles. The first-order valence-electron chi connectivity index (χ1n) is 9.17. The minimum absolute atomic E-state index is 0.0440. The molecule has 0 saturated heterocycles. The molecule has 30 heavy (non-hydrogen) atoms. The molecule has 0 aliphatic heterocycles. The van der Waals surface area contributed by atoms with Crippen molar-refractivity contribution in [3.05, 3.63) is 43.7 Å². The van der Waals surface area contributed by atoms with Crippen molar-refractivity contribution in [3.63, 3.8) is 0 Å². The maximum Gasteiger partial charge on any atom is 0.341 e. The van der Waals surface area contributed by atoms with Gasteiger partial charge in [-0.3, -0.25) is 4.79 Å². The van der Waals surface area contributed by atoms with Crippen molar-refractivity contribution in [1.82, 2.24) is 0 Å². The van der Waals surface area contributed by atoms with Gasteiger partial charge in [-0.25, -0.2) is 18.4 Å². The number of rotatable bonds is 5. The van der Waals surface area contributed by atoms with Crippen LogP contribution in [0.15, 0.2) is 17.0 Å². The molecule has 3 N–H and O–H groups in total. The summed E-state index contributed by atoms with van der Waals surface area (Å²) < 4.78 is 28.7. The Bertz CT molecular complexity index is 1130. The second kappa shape index (κ2) is 8.84. The maximum absolute atomic E-state index is 12.9. The Morgan fingerprint density at radius 1 is 1.30 bits per heavy atom. The lowest BCUT2D eigenvalue weighted by molar-refractivity contribution is 0.0526. The van der Waals surface area contributed by atoms with Crippen LogP contribution in [0.3, 0.4) is 0 Å². The van der Waals surface area contributed by atoms with E-state index in [0.29, 0.717) is 22.9 Å². The highest BCUT2D eigenvalue weighted by molar-refractivity contribution is 7.89. The second-order valence-corrected chi connectivity index (χ2v) is 10.5. The number of amides is 1. The summed E-state index contributed by atoms with van der Waals surface area (Å²) >= 11 is 13.3. The lowest BCUT2D eigenvalue weighted by atomic mass is 9.88. The van der Waals surface area contributed by atoms with Crippen molar-refractivity contribution in [2.75, 3.05) is 11.9 Å². The first kappa shape index (κ1) is 23.0. The van der Waals surface area contributed by atoms with Gasteiger partial charge in [0.05, 0.1) is 27.8 Å². The molecular weight excluding hydrogens is 471 g/mol. The summed E-state index contributed by atoms with van der Waals surface area (Å²) in [5, 5.41) is 7.97. The number of ether oxygens (including phenoxy) is 1. The number of carbonyl (C=O) groups excluding carboxylic acids is 2. The van der Waals surface area contributed by atoms with Crippen LogP contribution in [0.5, 0.6) is 0 Å². The lowest BCUT2D eigenvalue weighted by Crippen LogP contribution is -2.18. The second-order valence-electron chi connectivity index (χ2n) is 7.04. The molecule has 0 radical (unpaired) electrons. The van der Waals surface area contributed by atoms with Crippen molar-refractivity contribution < 1.29 is 22.7 Å². The van der Waals surface area contributed by atoms with E-state index in [1.165, 1.54) is 11.3 Å². The Morgan fingerprint density at radius 3 is 2.63 bits per heavy atom. The SMILES string of the molecule is CCOC(=O)c1c(NC(=O)c2cc(S(N)(=O)=O)c(Cl)cc2Cl)sc2c1CCC(C)C2. The summed E-state index contributed by atoms with van der Waals surface area (Å²) in [5.74, 6) is -0.719. The number of benzene rings is 1. The van der Waals surface area contributed by atoms with Crippen LogP contribution in [0.1, 0.15) is 51.4 Å². The Hall–Kier alpha value is -1.65. The third kappa shape index (κ3) is 4.65. The number of hydrogen-bond acceptors (Lipinski definition) is 6. The zero-order valence-electron chi connectivity index (χ0n) is 16.3. The van der Waals surface area contributed by atoms with Crippen molar-refractivity contribution in [2.45, 2.75) is 38.0 Å². The average molecular weight is 491 g/mol. The molecule has 0 spiro atoms. The molecular formula is C19H20Cl2N2O5S2. The third-order valence-electron chi connectivity index (χ3n) is 4.79. The quantitative estimate of drug-likeness (QED) is 0.607. The molecule has 1 heterocycles. The van der Waals surface area contributed by atoms with E-state index < -0.39 is 26.8 Å². The topological polar surface area (TPSA) is 116 Å². The first-order chi connectivity index (χ1) is 14.0. The van der Waals surface area contributed by atoms with E-state index in [2.05, 4.69) is 12.2 Å². The van der Waals surface area contributed by atoms with Crippen LogP contribution in [-0.2, 0) is 27.6 Å². The van der Waals surface area contributed by atoms with Gasteiger partial charge in [0.1, 0.15) is 9.90 Å². The van der Waals surface area contributed by atoms with Crippen LogP contribution >= 0.6 is 34.5 Å². The van der Waals surface area contributed by atoms with Gasteiger partial charge in [-0.05, 0) is 49.8 Å². The van der Waals surface area contributed by atoms with Crippen LogP contribution in [0.25, 0.3) is 0 Å². The summed E-state index contributed by atoms with van der Waals surface area (Å²) in [6, 6.07) is 2.17. The van der Waals surface area contributed by atoms with Crippen LogP contribution in [0, 0.1) is 5.92 Å². The number of primary sulfonamides is 1. The van der Waals surface area contributed by atoms with E-state index in [-0.39, 0.29) is 22.2 Å². The molecule has 2 aromatic rings. The number of fused-ring (bicyclic) bond motifs is 1. The highest BCUT2D eigenvalue weighted by atomic mass is 35.5. The van der Waals surface area contributed by atoms with E-state index in [9.17, 15) is 18.0 Å². The minimum atomic E-state index is -4.16. The fourth-order valence-corrected chi connectivity index (χ4v) is 6.15. The zero-order chi connectivity index (χ0) is 22.2. The molecule has 1 atom stereocenters. The molecule has 1 aliphatic rings. The van der Waals surface area contributed by atoms with E-state index in [1.54, 1.807) is 6.92 Å². The molecule has 1 aromatic heterocycles. The highest BCUT2D eigenvalue weighted by Gasteiger charge is 2.30. The minimum Gasteiger partial charge on any atom is -0.462 e. The predicted octanol–water partition coefficient (Wildman–Crippen LogP) is 4.26. The number of anilines is 1. The van der Waals surface area contributed by atoms with Crippen LogP contribution in [0.2, 0.25) is 10.0 Å². The van der Waals surface area contributed by atoms with E-state index in [0.717, 1.165) is 35.4 Å². The summed E-state index contributed by atoms with van der Waals surface area (Å²) in [7, 11) is -4.16. The normalized spacial score (nSPS) is 16.1. The molecule has 162 valence electrons. The molecule has 1 amide bonds. The van der Waals surface area contributed by atoms with Gasteiger partial charge in [0.25, 0.3) is 5.91 Å². The van der Waals surface area contributed by atoms with E-state index >= 15 is 0 Å². The van der Waals surface area contributed by atoms with Crippen LogP contribution < -0.4 is 10.5 Å². The summed E-state index contributed by atoms with van der Waals surface area (Å²) in [4.78, 5) is 26.1. The van der Waals surface area contributed by atoms with Crippen LogP contribution in [-0.4, -0.2) is 26.9 Å². The predicted molar refractivity (Wildman–Crippen MR) is 117 cm³/mol. The molecule has 3 rings (SSSR count). The van der Waals surface area contributed by atoms with Gasteiger partial charge in [0.2, 0.25) is 10.0 Å². The standard InChI is InChI=1S/C19H20Cl2N2O5S2/c1-3-28-19(25)16-10-5-4-9(2)6-14(10)29-18(16)23-17(24)11-7-15(30(22,26)27)13(21)8-12(11)20/h7-9H,3-6H2,1-2H3,(H,23,24)(H2,22,26,27). The monoisotopic (exact) mass is 490 g/mol. The Morgan fingerprint density at radius 2 is 2.00 bits per heavy atom. The molecule has 0 fully saturated rings. The Labute approximate surface area is 188 Å². The van der Waals surface area contributed by atoms with Gasteiger partial charge in [-0.1, -0.05) is 30.1 Å². The van der Waals surface area contributed by atoms with Crippen LogP contribution in [0.4, 0.5) is 5.00 Å². The number of sulfonamides is 1. The van der Waals surface area contributed by atoms with E-state index in [1.807, 2.05) is 0 Å². The summed E-state index contributed by atoms with van der Waals surface area (Å²) in [6.45, 7) is 4.04. The Kier molecular flexibility index (Phi) is 6.78. The number of esters is 1. The number of carbonyl (C=O) groups is 2. The van der Waals surface area contributed by atoms with Crippen molar-refractivity contribution >= 4 is 61.4 Å². The maximum atomic E-state index is 12.9. The van der Waals surface area contributed by atoms with Gasteiger partial charge < -0.3 is 10.1 Å². The molecule has 0 bridgehead atoms. The average Bonchev–Trinajstić information content (AvgIpc) is 2.97. The summed E-state index contributed by atoms with van der Waals surface area (Å²) in [6.07, 6.45) is 2.46. The van der Waals surface area contributed by atoms with Crippen molar-refractivity contribution in [2.24, 2.45) is 11.1 Å². The van der Waals surface area contributed by atoms with Gasteiger partial charge in [0.15, 0.2) is 0 Å². The highest BCUT2D eigenvalue weighted by Crippen LogP contribution is 2.40. The first-order valence-corrected chi connectivity index (χ1v) is 12.3. The molecule has 0 saturated carbocycles. The number of nitrogens with two attached hydrogens (primary N) is 1. The molecule has 7 nitrogen and oxygen atoms in total. The molecule has 1 unspecified atom stereocenters. The number of nitrogens with one attached hydrogen (secondary N) is 1. The smallest absolute Gasteiger partial charge is 0.341 e. The fraction of sp³-hybridized carbons (Fsp3) is 0.368. The largest absolute Gasteiger partial charge is 0.462 e. The van der Waals surface area contributed by atoms with Gasteiger partial charge in [-0.2, -0.15) is 0 Å². The fourth-order valence-electron chi connectivity index (χ4n) is 3.35. The van der Waals surface area contributed by atoms with Gasteiger partial charge >= 0.3 is 5.97 Å². The number of halogens is 2. The number of hydrogen-bond donors (Lipinski definition) is 2. The number of thiophene rings is 1.